The maximum absolute atomic E-state index is 4.55. The summed E-state index contributed by atoms with van der Waals surface area (Å²) in [5.41, 5.74) is 3.54. The predicted molar refractivity (Wildman–Crippen MR) is 93.7 cm³/mol. The molecule has 3 aromatic rings. The lowest BCUT2D eigenvalue weighted by Gasteiger charge is -2.33. The molecule has 2 aromatic heterocycles. The molecule has 4 heteroatoms. The van der Waals surface area contributed by atoms with E-state index in [1.807, 2.05) is 0 Å². The minimum absolute atomic E-state index is 0.777. The van der Waals surface area contributed by atoms with Gasteiger partial charge in [-0.2, -0.15) is 0 Å². The topological polar surface area (TPSA) is 44.8 Å². The highest BCUT2D eigenvalue weighted by molar-refractivity contribution is 5.88. The number of H-pyrrole nitrogens is 1. The fourth-order valence-electron chi connectivity index (χ4n) is 3.61. The highest BCUT2D eigenvalue weighted by Gasteiger charge is 2.22. The van der Waals surface area contributed by atoms with Crippen LogP contribution in [0.2, 0.25) is 0 Å². The number of nitrogens with zero attached hydrogens (tertiary/aromatic N) is 3. The molecule has 1 aliphatic heterocycles. The van der Waals surface area contributed by atoms with E-state index in [0.29, 0.717) is 0 Å². The SMILES string of the molecule is Cc1cc2c(N3CCC(Cc4ccccc4)CC3)ncnc2[nH]1. The number of fused-ring (bicyclic) bond motifs is 1. The maximum Gasteiger partial charge on any atom is 0.143 e. The van der Waals surface area contributed by atoms with Crippen LogP contribution in [0.25, 0.3) is 11.0 Å². The molecule has 0 spiro atoms. The highest BCUT2D eigenvalue weighted by Crippen LogP contribution is 2.29. The van der Waals surface area contributed by atoms with Gasteiger partial charge in [-0.25, -0.2) is 9.97 Å². The summed E-state index contributed by atoms with van der Waals surface area (Å²) in [5.74, 6) is 1.86. The predicted octanol–water partition coefficient (Wildman–Crippen LogP) is 3.73. The summed E-state index contributed by atoms with van der Waals surface area (Å²) in [4.78, 5) is 14.6. The van der Waals surface area contributed by atoms with Crippen LogP contribution in [0.3, 0.4) is 0 Å². The van der Waals surface area contributed by atoms with Crippen molar-refractivity contribution in [2.24, 2.45) is 5.92 Å². The number of rotatable bonds is 3. The average molecular weight is 306 g/mol. The zero-order chi connectivity index (χ0) is 15.6. The molecule has 23 heavy (non-hydrogen) atoms. The normalized spacial score (nSPS) is 16.1. The number of aromatic amines is 1. The molecule has 118 valence electrons. The van der Waals surface area contributed by atoms with Crippen molar-refractivity contribution in [3.05, 3.63) is 54.0 Å². The first-order valence-corrected chi connectivity index (χ1v) is 8.39. The van der Waals surface area contributed by atoms with Gasteiger partial charge in [-0.05, 0) is 43.7 Å². The van der Waals surface area contributed by atoms with Crippen molar-refractivity contribution in [3.8, 4) is 0 Å². The Morgan fingerprint density at radius 1 is 1.13 bits per heavy atom. The fourth-order valence-corrected chi connectivity index (χ4v) is 3.61. The molecule has 1 aliphatic rings. The Balaban J connectivity index is 1.46. The van der Waals surface area contributed by atoms with Crippen molar-refractivity contribution >= 4 is 16.9 Å². The second-order valence-corrected chi connectivity index (χ2v) is 6.53. The van der Waals surface area contributed by atoms with Crippen molar-refractivity contribution in [3.63, 3.8) is 0 Å². The summed E-state index contributed by atoms with van der Waals surface area (Å²) < 4.78 is 0. The quantitative estimate of drug-likeness (QED) is 0.802. The molecular weight excluding hydrogens is 284 g/mol. The van der Waals surface area contributed by atoms with Gasteiger partial charge in [0.15, 0.2) is 0 Å². The first-order valence-electron chi connectivity index (χ1n) is 8.39. The first-order chi connectivity index (χ1) is 11.3. The van der Waals surface area contributed by atoms with E-state index >= 15 is 0 Å². The van der Waals surface area contributed by atoms with Gasteiger partial charge >= 0.3 is 0 Å². The summed E-state index contributed by atoms with van der Waals surface area (Å²) in [5, 5.41) is 1.14. The van der Waals surface area contributed by atoms with Gasteiger partial charge in [0.2, 0.25) is 0 Å². The Morgan fingerprint density at radius 2 is 1.91 bits per heavy atom. The van der Waals surface area contributed by atoms with Crippen LogP contribution in [0.5, 0.6) is 0 Å². The summed E-state index contributed by atoms with van der Waals surface area (Å²) in [7, 11) is 0. The van der Waals surface area contributed by atoms with Gasteiger partial charge in [0.25, 0.3) is 0 Å². The third-order valence-corrected chi connectivity index (χ3v) is 4.82. The van der Waals surface area contributed by atoms with Crippen LogP contribution in [-0.4, -0.2) is 28.0 Å². The standard InChI is InChI=1S/C19H22N4/c1-14-11-17-18(22-14)20-13-21-19(17)23-9-7-16(8-10-23)12-15-5-3-2-4-6-15/h2-6,11,13,16H,7-10,12H2,1H3,(H,20,21,22). The Morgan fingerprint density at radius 3 is 2.70 bits per heavy atom. The number of anilines is 1. The monoisotopic (exact) mass is 306 g/mol. The Kier molecular flexibility index (Phi) is 3.74. The summed E-state index contributed by atoms with van der Waals surface area (Å²) in [6, 6.07) is 13.0. The first kappa shape index (κ1) is 14.2. The van der Waals surface area contributed by atoms with Gasteiger partial charge < -0.3 is 9.88 Å². The Hall–Kier alpha value is -2.36. The van der Waals surface area contributed by atoms with Crippen LogP contribution >= 0.6 is 0 Å². The summed E-state index contributed by atoms with van der Waals surface area (Å²) in [6.07, 6.45) is 5.31. The average Bonchev–Trinajstić information content (AvgIpc) is 2.97. The lowest BCUT2D eigenvalue weighted by Crippen LogP contribution is -2.35. The molecule has 0 aliphatic carbocycles. The molecule has 0 atom stereocenters. The molecule has 1 fully saturated rings. The Labute approximate surface area is 136 Å². The molecule has 0 amide bonds. The van der Waals surface area contributed by atoms with Crippen LogP contribution in [0.1, 0.15) is 24.1 Å². The van der Waals surface area contributed by atoms with Gasteiger partial charge in [-0.3, -0.25) is 0 Å². The van der Waals surface area contributed by atoms with E-state index in [2.05, 4.69) is 63.2 Å². The molecular formula is C19H22N4. The van der Waals surface area contributed by atoms with Crippen molar-refractivity contribution in [1.29, 1.82) is 0 Å². The van der Waals surface area contributed by atoms with Gasteiger partial charge in [0.05, 0.1) is 5.39 Å². The van der Waals surface area contributed by atoms with Gasteiger partial charge in [0.1, 0.15) is 17.8 Å². The van der Waals surface area contributed by atoms with Crippen molar-refractivity contribution in [1.82, 2.24) is 15.0 Å². The minimum atomic E-state index is 0.777. The van der Waals surface area contributed by atoms with E-state index in [1.165, 1.54) is 24.8 Å². The van der Waals surface area contributed by atoms with E-state index in [1.54, 1.807) is 6.33 Å². The van der Waals surface area contributed by atoms with Crippen molar-refractivity contribution in [2.45, 2.75) is 26.2 Å². The molecule has 0 radical (unpaired) electrons. The Bertz CT molecular complexity index is 785. The highest BCUT2D eigenvalue weighted by atomic mass is 15.2. The molecule has 4 nitrogen and oxygen atoms in total. The number of benzene rings is 1. The smallest absolute Gasteiger partial charge is 0.143 e. The number of aromatic nitrogens is 3. The van der Waals surface area contributed by atoms with E-state index in [0.717, 1.165) is 41.6 Å². The second kappa shape index (κ2) is 6.03. The second-order valence-electron chi connectivity index (χ2n) is 6.53. The van der Waals surface area contributed by atoms with E-state index in [9.17, 15) is 0 Å². The third kappa shape index (κ3) is 2.93. The van der Waals surface area contributed by atoms with Gasteiger partial charge in [0, 0.05) is 18.8 Å². The number of nitrogens with one attached hydrogen (secondary N) is 1. The largest absolute Gasteiger partial charge is 0.356 e. The van der Waals surface area contributed by atoms with Crippen LogP contribution in [0, 0.1) is 12.8 Å². The molecule has 0 unspecified atom stereocenters. The third-order valence-electron chi connectivity index (χ3n) is 4.82. The molecule has 4 rings (SSSR count). The van der Waals surface area contributed by atoms with Gasteiger partial charge in [-0.15, -0.1) is 0 Å². The van der Waals surface area contributed by atoms with Crippen LogP contribution in [0.15, 0.2) is 42.7 Å². The molecule has 1 aromatic carbocycles. The molecule has 1 N–H and O–H groups in total. The summed E-state index contributed by atoms with van der Waals surface area (Å²) in [6.45, 7) is 4.22. The molecule has 0 bridgehead atoms. The molecule has 3 heterocycles. The van der Waals surface area contributed by atoms with Crippen LogP contribution < -0.4 is 4.90 Å². The van der Waals surface area contributed by atoms with E-state index in [4.69, 9.17) is 0 Å². The van der Waals surface area contributed by atoms with Crippen molar-refractivity contribution in [2.75, 3.05) is 18.0 Å². The summed E-state index contributed by atoms with van der Waals surface area (Å²) >= 11 is 0. The molecule has 1 saturated heterocycles. The minimum Gasteiger partial charge on any atom is -0.356 e. The number of aryl methyl sites for hydroxylation is 1. The van der Waals surface area contributed by atoms with Gasteiger partial charge in [-0.1, -0.05) is 30.3 Å². The fraction of sp³-hybridized carbons (Fsp3) is 0.368. The zero-order valence-electron chi connectivity index (χ0n) is 13.5. The maximum atomic E-state index is 4.55. The van der Waals surface area contributed by atoms with Crippen molar-refractivity contribution < 1.29 is 0 Å². The lowest BCUT2D eigenvalue weighted by atomic mass is 9.90. The zero-order valence-corrected chi connectivity index (χ0v) is 13.5. The van der Waals surface area contributed by atoms with E-state index < -0.39 is 0 Å². The van der Waals surface area contributed by atoms with Crippen LogP contribution in [-0.2, 0) is 6.42 Å². The number of hydrogen-bond donors (Lipinski definition) is 1. The number of piperidine rings is 1. The lowest BCUT2D eigenvalue weighted by molar-refractivity contribution is 0.402. The molecule has 0 saturated carbocycles. The van der Waals surface area contributed by atoms with E-state index in [-0.39, 0.29) is 0 Å². The number of hydrogen-bond acceptors (Lipinski definition) is 3. The van der Waals surface area contributed by atoms with Crippen LogP contribution in [0.4, 0.5) is 5.82 Å².